The standard InChI is InChI=1S/C22H21N5OS2/c1-13-15(3)30-21(23-13)20-25-24-19-14(2)26(10-11-27(19)20)22(28)17-8-6-16(7-9-17)18-5-4-12-29-18/h4-9,12,14H,10-11H2,1-3H3. The van der Waals surface area contributed by atoms with Gasteiger partial charge in [0.1, 0.15) is 0 Å². The number of rotatable bonds is 3. The van der Waals surface area contributed by atoms with Gasteiger partial charge in [0.05, 0.1) is 11.7 Å². The minimum Gasteiger partial charge on any atom is -0.327 e. The Bertz CT molecular complexity index is 1190. The lowest BCUT2D eigenvalue weighted by Gasteiger charge is -2.33. The molecule has 0 spiro atoms. The molecule has 0 radical (unpaired) electrons. The number of nitrogens with zero attached hydrogens (tertiary/aromatic N) is 5. The van der Waals surface area contributed by atoms with Crippen LogP contribution in [0.3, 0.4) is 0 Å². The Morgan fingerprint density at radius 2 is 1.90 bits per heavy atom. The first-order chi connectivity index (χ1) is 14.5. The van der Waals surface area contributed by atoms with Crippen molar-refractivity contribution in [1.82, 2.24) is 24.6 Å². The van der Waals surface area contributed by atoms with Crippen molar-refractivity contribution in [1.29, 1.82) is 0 Å². The van der Waals surface area contributed by atoms with Crippen LogP contribution in [0.5, 0.6) is 0 Å². The lowest BCUT2D eigenvalue weighted by Crippen LogP contribution is -2.41. The molecule has 30 heavy (non-hydrogen) atoms. The number of fused-ring (bicyclic) bond motifs is 1. The van der Waals surface area contributed by atoms with Crippen LogP contribution in [0.1, 0.15) is 39.7 Å². The zero-order chi connectivity index (χ0) is 20.8. The van der Waals surface area contributed by atoms with E-state index >= 15 is 0 Å². The van der Waals surface area contributed by atoms with E-state index in [4.69, 9.17) is 0 Å². The van der Waals surface area contributed by atoms with Gasteiger partial charge in [-0.1, -0.05) is 18.2 Å². The van der Waals surface area contributed by atoms with Gasteiger partial charge in [-0.15, -0.1) is 32.9 Å². The second kappa shape index (κ2) is 7.45. The van der Waals surface area contributed by atoms with Gasteiger partial charge in [-0.3, -0.25) is 4.79 Å². The Hall–Kier alpha value is -2.84. The van der Waals surface area contributed by atoms with Crippen LogP contribution in [0, 0.1) is 13.8 Å². The Morgan fingerprint density at radius 1 is 1.10 bits per heavy atom. The summed E-state index contributed by atoms with van der Waals surface area (Å²) in [6, 6.07) is 11.8. The second-order valence-electron chi connectivity index (χ2n) is 7.42. The predicted octanol–water partition coefficient (Wildman–Crippen LogP) is 4.96. The van der Waals surface area contributed by atoms with Crippen molar-refractivity contribution in [2.75, 3.05) is 6.54 Å². The fourth-order valence-corrected chi connectivity index (χ4v) is 5.42. The van der Waals surface area contributed by atoms with Crippen molar-refractivity contribution >= 4 is 28.6 Å². The fraction of sp³-hybridized carbons (Fsp3) is 0.273. The molecule has 4 heterocycles. The van der Waals surface area contributed by atoms with Gasteiger partial charge in [0, 0.05) is 28.4 Å². The van der Waals surface area contributed by atoms with Crippen molar-refractivity contribution < 1.29 is 4.79 Å². The Balaban J connectivity index is 1.39. The summed E-state index contributed by atoms with van der Waals surface area (Å²) in [6.07, 6.45) is 0. The molecule has 3 aromatic heterocycles. The van der Waals surface area contributed by atoms with Crippen LogP contribution in [-0.4, -0.2) is 37.1 Å². The fourth-order valence-electron chi connectivity index (χ4n) is 3.78. The number of amides is 1. The maximum Gasteiger partial charge on any atom is 0.254 e. The van der Waals surface area contributed by atoms with Gasteiger partial charge in [-0.05, 0) is 49.9 Å². The van der Waals surface area contributed by atoms with Gasteiger partial charge in [-0.25, -0.2) is 4.98 Å². The van der Waals surface area contributed by atoms with Crippen molar-refractivity contribution in [2.45, 2.75) is 33.4 Å². The molecule has 1 aliphatic rings. The zero-order valence-electron chi connectivity index (χ0n) is 17.0. The molecular weight excluding hydrogens is 414 g/mol. The SMILES string of the molecule is Cc1nc(-c2nnc3n2CCN(C(=O)c2ccc(-c4cccs4)cc2)C3C)sc1C. The first kappa shape index (κ1) is 19.1. The van der Waals surface area contributed by atoms with Gasteiger partial charge in [0.25, 0.3) is 5.91 Å². The summed E-state index contributed by atoms with van der Waals surface area (Å²) in [4.78, 5) is 22.1. The molecule has 6 nitrogen and oxygen atoms in total. The summed E-state index contributed by atoms with van der Waals surface area (Å²) in [5, 5.41) is 11.8. The number of aryl methyl sites for hydroxylation is 2. The van der Waals surface area contributed by atoms with E-state index in [1.807, 2.05) is 49.1 Å². The molecule has 0 fully saturated rings. The van der Waals surface area contributed by atoms with Crippen LogP contribution in [0.15, 0.2) is 41.8 Å². The maximum absolute atomic E-state index is 13.2. The minimum absolute atomic E-state index is 0.0250. The summed E-state index contributed by atoms with van der Waals surface area (Å²) in [7, 11) is 0. The van der Waals surface area contributed by atoms with E-state index in [0.717, 1.165) is 27.9 Å². The normalized spacial score (nSPS) is 16.0. The Kier molecular flexibility index (Phi) is 4.75. The van der Waals surface area contributed by atoms with Gasteiger partial charge < -0.3 is 9.47 Å². The summed E-state index contributed by atoms with van der Waals surface area (Å²) >= 11 is 3.33. The van der Waals surface area contributed by atoms with E-state index in [2.05, 4.69) is 38.1 Å². The van der Waals surface area contributed by atoms with E-state index in [-0.39, 0.29) is 11.9 Å². The van der Waals surface area contributed by atoms with Gasteiger partial charge >= 0.3 is 0 Å². The average Bonchev–Trinajstić information content (AvgIpc) is 3.49. The molecule has 1 aliphatic heterocycles. The molecule has 1 aromatic carbocycles. The highest BCUT2D eigenvalue weighted by Gasteiger charge is 2.32. The largest absolute Gasteiger partial charge is 0.327 e. The maximum atomic E-state index is 13.2. The van der Waals surface area contributed by atoms with Crippen molar-refractivity contribution in [2.24, 2.45) is 0 Å². The van der Waals surface area contributed by atoms with E-state index in [1.165, 1.54) is 9.75 Å². The lowest BCUT2D eigenvalue weighted by atomic mass is 10.1. The van der Waals surface area contributed by atoms with E-state index in [9.17, 15) is 4.79 Å². The number of carbonyl (C=O) groups excluding carboxylic acids is 1. The number of hydrogen-bond donors (Lipinski definition) is 0. The molecule has 8 heteroatoms. The van der Waals surface area contributed by atoms with Crippen molar-refractivity contribution in [3.8, 4) is 21.3 Å². The molecule has 0 saturated heterocycles. The molecule has 0 aliphatic carbocycles. The highest BCUT2D eigenvalue weighted by molar-refractivity contribution is 7.15. The number of thiazole rings is 1. The Labute approximate surface area is 182 Å². The molecule has 0 saturated carbocycles. The predicted molar refractivity (Wildman–Crippen MR) is 120 cm³/mol. The van der Waals surface area contributed by atoms with Crippen LogP contribution in [0.25, 0.3) is 21.3 Å². The number of aromatic nitrogens is 4. The number of benzene rings is 1. The molecule has 1 amide bonds. The lowest BCUT2D eigenvalue weighted by molar-refractivity contribution is 0.0638. The van der Waals surface area contributed by atoms with E-state index in [1.54, 1.807) is 22.7 Å². The topological polar surface area (TPSA) is 63.9 Å². The zero-order valence-corrected chi connectivity index (χ0v) is 18.6. The highest BCUT2D eigenvalue weighted by atomic mass is 32.1. The van der Waals surface area contributed by atoms with Crippen LogP contribution < -0.4 is 0 Å². The van der Waals surface area contributed by atoms with Crippen molar-refractivity contribution in [3.63, 3.8) is 0 Å². The van der Waals surface area contributed by atoms with Gasteiger partial charge in [-0.2, -0.15) is 0 Å². The van der Waals surface area contributed by atoms with Crippen LogP contribution in [0.4, 0.5) is 0 Å². The third kappa shape index (κ3) is 3.16. The van der Waals surface area contributed by atoms with Crippen molar-refractivity contribution in [3.05, 3.63) is 63.7 Å². The third-order valence-corrected chi connectivity index (χ3v) is 7.59. The number of hydrogen-bond acceptors (Lipinski definition) is 6. The molecule has 152 valence electrons. The average molecular weight is 436 g/mol. The Morgan fingerprint density at radius 3 is 2.57 bits per heavy atom. The quantitative estimate of drug-likeness (QED) is 0.456. The van der Waals surface area contributed by atoms with Crippen LogP contribution in [-0.2, 0) is 6.54 Å². The van der Waals surface area contributed by atoms with Crippen LogP contribution in [0.2, 0.25) is 0 Å². The molecule has 0 bridgehead atoms. The highest BCUT2D eigenvalue weighted by Crippen LogP contribution is 2.32. The molecule has 1 unspecified atom stereocenters. The molecule has 4 aromatic rings. The third-order valence-electron chi connectivity index (χ3n) is 5.60. The number of carbonyl (C=O) groups is 1. The summed E-state index contributed by atoms with van der Waals surface area (Å²) < 4.78 is 2.10. The van der Waals surface area contributed by atoms with E-state index in [0.29, 0.717) is 18.7 Å². The minimum atomic E-state index is -0.147. The summed E-state index contributed by atoms with van der Waals surface area (Å²) in [5.41, 5.74) is 2.85. The summed E-state index contributed by atoms with van der Waals surface area (Å²) in [6.45, 7) is 7.37. The molecular formula is C22H21N5OS2. The van der Waals surface area contributed by atoms with E-state index < -0.39 is 0 Å². The summed E-state index contributed by atoms with van der Waals surface area (Å²) in [5.74, 6) is 1.63. The first-order valence-corrected chi connectivity index (χ1v) is 11.5. The first-order valence-electron chi connectivity index (χ1n) is 9.85. The second-order valence-corrected chi connectivity index (χ2v) is 9.57. The monoisotopic (exact) mass is 435 g/mol. The van der Waals surface area contributed by atoms with Crippen LogP contribution >= 0.6 is 22.7 Å². The van der Waals surface area contributed by atoms with Gasteiger partial charge in [0.2, 0.25) is 0 Å². The molecule has 5 rings (SSSR count). The molecule has 0 N–H and O–H groups in total. The smallest absolute Gasteiger partial charge is 0.254 e. The molecule has 1 atom stereocenters. The van der Waals surface area contributed by atoms with Gasteiger partial charge in [0.15, 0.2) is 16.7 Å². The number of thiophene rings is 1.